The van der Waals surface area contributed by atoms with Gasteiger partial charge in [-0.3, -0.25) is 0 Å². The molecule has 0 spiro atoms. The highest BCUT2D eigenvalue weighted by Crippen LogP contribution is 2.34. The normalized spacial score (nSPS) is 11.2. The molecule has 0 saturated carbocycles. The minimum Gasteiger partial charge on any atom is -0.507 e. The van der Waals surface area contributed by atoms with Gasteiger partial charge in [0, 0.05) is 16.0 Å². The molecule has 0 atom stereocenters. The van der Waals surface area contributed by atoms with Crippen LogP contribution in [0.25, 0.3) is 22.4 Å². The molecule has 0 bridgehead atoms. The van der Waals surface area contributed by atoms with Gasteiger partial charge in [0.1, 0.15) is 11.6 Å². The van der Waals surface area contributed by atoms with Crippen LogP contribution in [0.5, 0.6) is 5.75 Å². The monoisotopic (exact) mass is 364 g/mol. The van der Waals surface area contributed by atoms with E-state index < -0.39 is 0 Å². The molecule has 1 heterocycles. The van der Waals surface area contributed by atoms with Crippen LogP contribution in [0.2, 0.25) is 5.02 Å². The average molecular weight is 366 g/mol. The second kappa shape index (κ2) is 5.70. The molecule has 21 heavy (non-hydrogen) atoms. The molecular formula is C16H14BrClN2O. The van der Waals surface area contributed by atoms with Crippen LogP contribution in [-0.4, -0.2) is 14.7 Å². The highest BCUT2D eigenvalue weighted by Gasteiger charge is 2.15. The van der Waals surface area contributed by atoms with E-state index in [1.807, 2.05) is 18.2 Å². The van der Waals surface area contributed by atoms with E-state index >= 15 is 0 Å². The van der Waals surface area contributed by atoms with Crippen molar-refractivity contribution in [1.82, 2.24) is 9.55 Å². The topological polar surface area (TPSA) is 38.0 Å². The Kier molecular flexibility index (Phi) is 3.91. The fourth-order valence-corrected chi connectivity index (χ4v) is 2.97. The van der Waals surface area contributed by atoms with Crippen LogP contribution in [0, 0.1) is 0 Å². The zero-order chi connectivity index (χ0) is 15.0. The summed E-state index contributed by atoms with van der Waals surface area (Å²) in [4.78, 5) is 4.68. The summed E-state index contributed by atoms with van der Waals surface area (Å²) < 4.78 is 3.10. The predicted molar refractivity (Wildman–Crippen MR) is 89.8 cm³/mol. The van der Waals surface area contributed by atoms with Gasteiger partial charge in [-0.2, -0.15) is 0 Å². The number of halogens is 2. The van der Waals surface area contributed by atoms with E-state index in [0.717, 1.165) is 34.3 Å². The fraction of sp³-hybridized carbons (Fsp3) is 0.188. The Morgan fingerprint density at radius 2 is 2.05 bits per heavy atom. The van der Waals surface area contributed by atoms with Crippen molar-refractivity contribution in [2.45, 2.75) is 19.9 Å². The van der Waals surface area contributed by atoms with Crippen molar-refractivity contribution in [1.29, 1.82) is 0 Å². The highest BCUT2D eigenvalue weighted by molar-refractivity contribution is 9.10. The van der Waals surface area contributed by atoms with E-state index in [1.165, 1.54) is 0 Å². The number of aromatic nitrogens is 2. The fourth-order valence-electron chi connectivity index (χ4n) is 2.45. The summed E-state index contributed by atoms with van der Waals surface area (Å²) >= 11 is 9.53. The Labute approximate surface area is 136 Å². The van der Waals surface area contributed by atoms with Crippen molar-refractivity contribution >= 4 is 38.6 Å². The SMILES string of the molecule is CCCn1c(-c2cc(Cl)ccc2O)nc2cc(Br)ccc21. The summed E-state index contributed by atoms with van der Waals surface area (Å²) in [5, 5.41) is 10.7. The zero-order valence-electron chi connectivity index (χ0n) is 11.5. The number of phenols is 1. The number of aryl methyl sites for hydroxylation is 1. The standard InChI is InChI=1S/C16H14BrClN2O/c1-2-7-20-14-5-3-10(17)8-13(14)19-16(20)12-9-11(18)4-6-15(12)21/h3-6,8-9,21H,2,7H2,1H3. The van der Waals surface area contributed by atoms with Crippen LogP contribution >= 0.6 is 27.5 Å². The number of nitrogens with zero attached hydrogens (tertiary/aromatic N) is 2. The van der Waals surface area contributed by atoms with Gasteiger partial charge in [-0.1, -0.05) is 34.5 Å². The first-order valence-electron chi connectivity index (χ1n) is 6.75. The first-order valence-corrected chi connectivity index (χ1v) is 7.92. The van der Waals surface area contributed by atoms with Gasteiger partial charge in [-0.15, -0.1) is 0 Å². The Morgan fingerprint density at radius 1 is 1.24 bits per heavy atom. The Balaban J connectivity index is 2.30. The molecule has 0 fully saturated rings. The van der Waals surface area contributed by atoms with Gasteiger partial charge < -0.3 is 9.67 Å². The van der Waals surface area contributed by atoms with Crippen LogP contribution < -0.4 is 0 Å². The van der Waals surface area contributed by atoms with Crippen molar-refractivity contribution in [3.05, 3.63) is 45.9 Å². The van der Waals surface area contributed by atoms with Crippen molar-refractivity contribution in [2.75, 3.05) is 0 Å². The van der Waals surface area contributed by atoms with E-state index in [2.05, 4.69) is 32.4 Å². The van der Waals surface area contributed by atoms with E-state index in [-0.39, 0.29) is 5.75 Å². The van der Waals surface area contributed by atoms with Gasteiger partial charge in [0.15, 0.2) is 0 Å². The molecule has 0 unspecified atom stereocenters. The number of hydrogen-bond acceptors (Lipinski definition) is 2. The van der Waals surface area contributed by atoms with Gasteiger partial charge in [-0.05, 0) is 42.8 Å². The minimum absolute atomic E-state index is 0.186. The number of fused-ring (bicyclic) bond motifs is 1. The summed E-state index contributed by atoms with van der Waals surface area (Å²) in [6.45, 7) is 2.95. The number of imidazole rings is 1. The molecule has 3 nitrogen and oxygen atoms in total. The third-order valence-electron chi connectivity index (χ3n) is 3.36. The average Bonchev–Trinajstić information content (AvgIpc) is 2.80. The lowest BCUT2D eigenvalue weighted by Crippen LogP contribution is -1.99. The third kappa shape index (κ3) is 2.65. The molecule has 3 rings (SSSR count). The van der Waals surface area contributed by atoms with Crippen molar-refractivity contribution in [3.63, 3.8) is 0 Å². The molecule has 1 aromatic heterocycles. The number of aromatic hydroxyl groups is 1. The molecule has 2 aromatic carbocycles. The molecular weight excluding hydrogens is 352 g/mol. The molecule has 5 heteroatoms. The van der Waals surface area contributed by atoms with E-state index in [1.54, 1.807) is 18.2 Å². The first kappa shape index (κ1) is 14.4. The number of rotatable bonds is 3. The van der Waals surface area contributed by atoms with Crippen molar-refractivity contribution < 1.29 is 5.11 Å². The van der Waals surface area contributed by atoms with Crippen LogP contribution in [0.4, 0.5) is 0 Å². The predicted octanol–water partition coefficient (Wildman–Crippen LogP) is 5.23. The quantitative estimate of drug-likeness (QED) is 0.689. The lowest BCUT2D eigenvalue weighted by Gasteiger charge is -2.09. The molecule has 0 saturated heterocycles. The van der Waals surface area contributed by atoms with Gasteiger partial charge in [0.05, 0.1) is 16.6 Å². The lowest BCUT2D eigenvalue weighted by atomic mass is 10.2. The Morgan fingerprint density at radius 3 is 2.81 bits per heavy atom. The second-order valence-corrected chi connectivity index (χ2v) is 6.23. The summed E-state index contributed by atoms with van der Waals surface area (Å²) in [6.07, 6.45) is 0.982. The highest BCUT2D eigenvalue weighted by atomic mass is 79.9. The second-order valence-electron chi connectivity index (χ2n) is 4.88. The summed E-state index contributed by atoms with van der Waals surface area (Å²) in [6, 6.07) is 11.0. The smallest absolute Gasteiger partial charge is 0.144 e. The Bertz CT molecular complexity index is 813. The number of benzene rings is 2. The maximum absolute atomic E-state index is 10.1. The van der Waals surface area contributed by atoms with Gasteiger partial charge in [0.2, 0.25) is 0 Å². The summed E-state index contributed by atoms with van der Waals surface area (Å²) in [7, 11) is 0. The summed E-state index contributed by atoms with van der Waals surface area (Å²) in [5.41, 5.74) is 2.60. The maximum Gasteiger partial charge on any atom is 0.144 e. The van der Waals surface area contributed by atoms with Crippen LogP contribution in [-0.2, 0) is 6.54 Å². The molecule has 108 valence electrons. The number of hydrogen-bond donors (Lipinski definition) is 1. The molecule has 0 aliphatic rings. The number of phenolic OH excluding ortho intramolecular Hbond substituents is 1. The molecule has 3 aromatic rings. The first-order chi connectivity index (χ1) is 10.1. The van der Waals surface area contributed by atoms with E-state index in [9.17, 15) is 5.11 Å². The summed E-state index contributed by atoms with van der Waals surface area (Å²) in [5.74, 6) is 0.927. The Hall–Kier alpha value is -1.52. The van der Waals surface area contributed by atoms with Crippen LogP contribution in [0.1, 0.15) is 13.3 Å². The maximum atomic E-state index is 10.1. The van der Waals surface area contributed by atoms with Gasteiger partial charge >= 0.3 is 0 Å². The molecule has 0 aliphatic carbocycles. The van der Waals surface area contributed by atoms with E-state index in [0.29, 0.717) is 10.6 Å². The van der Waals surface area contributed by atoms with Gasteiger partial charge in [-0.25, -0.2) is 4.98 Å². The molecule has 1 N–H and O–H groups in total. The molecule has 0 amide bonds. The molecule has 0 radical (unpaired) electrons. The lowest BCUT2D eigenvalue weighted by molar-refractivity contribution is 0.476. The zero-order valence-corrected chi connectivity index (χ0v) is 13.8. The largest absolute Gasteiger partial charge is 0.507 e. The van der Waals surface area contributed by atoms with Crippen LogP contribution in [0.3, 0.4) is 0 Å². The van der Waals surface area contributed by atoms with Gasteiger partial charge in [0.25, 0.3) is 0 Å². The van der Waals surface area contributed by atoms with E-state index in [4.69, 9.17) is 11.6 Å². The van der Waals surface area contributed by atoms with Crippen LogP contribution in [0.15, 0.2) is 40.9 Å². The van der Waals surface area contributed by atoms with Crippen molar-refractivity contribution in [3.8, 4) is 17.1 Å². The minimum atomic E-state index is 0.186. The third-order valence-corrected chi connectivity index (χ3v) is 4.09. The van der Waals surface area contributed by atoms with Crippen molar-refractivity contribution in [2.24, 2.45) is 0 Å². The molecule has 0 aliphatic heterocycles.